The fraction of sp³-hybridized carbons (Fsp3) is 0.179. The van der Waals surface area contributed by atoms with Gasteiger partial charge in [-0.15, -0.1) is 0 Å². The molecule has 0 fully saturated rings. The van der Waals surface area contributed by atoms with Crippen molar-refractivity contribution in [2.24, 2.45) is 5.92 Å². The van der Waals surface area contributed by atoms with Crippen molar-refractivity contribution >= 4 is 12.4 Å². The summed E-state index contributed by atoms with van der Waals surface area (Å²) in [5, 5.41) is 0. The monoisotopic (exact) mass is 380 g/mol. The minimum absolute atomic E-state index is 0.427. The van der Waals surface area contributed by atoms with E-state index in [1.54, 1.807) is 0 Å². The Balaban J connectivity index is 2.04. The molecule has 2 aliphatic carbocycles. The molecule has 1 nitrogen and oxygen atoms in total. The summed E-state index contributed by atoms with van der Waals surface area (Å²) in [6.07, 6.45) is 19.9. The Morgan fingerprint density at radius 2 is 1.52 bits per heavy atom. The first-order valence-electron chi connectivity index (χ1n) is 10.1. The third kappa shape index (κ3) is 4.81. The molecule has 0 spiro atoms. The number of hydrogen-bond donors (Lipinski definition) is 0. The molecule has 146 valence electrons. The standard InChI is InChI=1S/C28H28O/c1-20(2)25-15-14-21(3)28-22(4)26(19-29)17-16-24(27(28)18-25)13-9-8-12-23-10-6-5-7-11-23/h5-20H,1-4H3/b12-8+,13-9+. The Morgan fingerprint density at radius 1 is 0.828 bits per heavy atom. The fourth-order valence-corrected chi connectivity index (χ4v) is 3.59. The van der Waals surface area contributed by atoms with Crippen LogP contribution in [-0.4, -0.2) is 6.29 Å². The van der Waals surface area contributed by atoms with Gasteiger partial charge in [-0.1, -0.05) is 98.9 Å². The number of fused-ring (bicyclic) bond motifs is 1. The Morgan fingerprint density at radius 3 is 2.21 bits per heavy atom. The molecule has 2 aliphatic rings. The molecule has 0 atom stereocenters. The second-order valence-corrected chi connectivity index (χ2v) is 7.72. The molecule has 1 aromatic rings. The molecule has 0 saturated heterocycles. The SMILES string of the molecule is CC1=CC=C(C(C)C)C=C2C(/C=C/C=C/c3ccccc3)=CC=C(C=O)C(C)=C12. The van der Waals surface area contributed by atoms with E-state index in [9.17, 15) is 4.79 Å². The molecule has 29 heavy (non-hydrogen) atoms. The van der Waals surface area contributed by atoms with Gasteiger partial charge in [0.05, 0.1) is 0 Å². The topological polar surface area (TPSA) is 17.1 Å². The van der Waals surface area contributed by atoms with Crippen molar-refractivity contribution < 1.29 is 4.79 Å². The van der Waals surface area contributed by atoms with Gasteiger partial charge in [0.2, 0.25) is 0 Å². The van der Waals surface area contributed by atoms with E-state index < -0.39 is 0 Å². The molecule has 0 heterocycles. The van der Waals surface area contributed by atoms with Crippen LogP contribution in [0.2, 0.25) is 0 Å². The largest absolute Gasteiger partial charge is 0.298 e. The lowest BCUT2D eigenvalue weighted by Gasteiger charge is -2.16. The summed E-state index contributed by atoms with van der Waals surface area (Å²) in [6.45, 7) is 8.58. The minimum Gasteiger partial charge on any atom is -0.298 e. The molecule has 0 radical (unpaired) electrons. The maximum absolute atomic E-state index is 11.7. The van der Waals surface area contributed by atoms with Crippen LogP contribution in [0.3, 0.4) is 0 Å². The zero-order chi connectivity index (χ0) is 20.8. The van der Waals surface area contributed by atoms with E-state index in [2.05, 4.69) is 81.5 Å². The van der Waals surface area contributed by atoms with E-state index in [-0.39, 0.29) is 0 Å². The van der Waals surface area contributed by atoms with Crippen LogP contribution in [0.1, 0.15) is 33.3 Å². The van der Waals surface area contributed by atoms with Crippen molar-refractivity contribution in [3.8, 4) is 0 Å². The van der Waals surface area contributed by atoms with E-state index in [1.807, 2.05) is 31.2 Å². The van der Waals surface area contributed by atoms with E-state index in [0.29, 0.717) is 5.92 Å². The number of rotatable bonds is 5. The minimum atomic E-state index is 0.427. The molecule has 1 aromatic carbocycles. The highest BCUT2D eigenvalue weighted by Crippen LogP contribution is 2.37. The predicted octanol–water partition coefficient (Wildman–Crippen LogP) is 7.11. The van der Waals surface area contributed by atoms with Gasteiger partial charge in [0.25, 0.3) is 0 Å². The van der Waals surface area contributed by atoms with Crippen molar-refractivity contribution in [3.63, 3.8) is 0 Å². The summed E-state index contributed by atoms with van der Waals surface area (Å²) < 4.78 is 0. The summed E-state index contributed by atoms with van der Waals surface area (Å²) in [6, 6.07) is 10.3. The maximum Gasteiger partial charge on any atom is 0.150 e. The lowest BCUT2D eigenvalue weighted by atomic mass is 9.87. The van der Waals surface area contributed by atoms with Gasteiger partial charge in [0.15, 0.2) is 0 Å². The first-order valence-corrected chi connectivity index (χ1v) is 10.1. The van der Waals surface area contributed by atoms with Gasteiger partial charge in [0.1, 0.15) is 6.29 Å². The fourth-order valence-electron chi connectivity index (χ4n) is 3.59. The summed E-state index contributed by atoms with van der Waals surface area (Å²) in [5.74, 6) is 0.427. The number of aldehydes is 1. The molecular weight excluding hydrogens is 352 g/mol. The van der Waals surface area contributed by atoms with E-state index in [0.717, 1.165) is 28.6 Å². The van der Waals surface area contributed by atoms with Gasteiger partial charge in [-0.3, -0.25) is 4.79 Å². The number of carbonyl (C=O) groups is 1. The van der Waals surface area contributed by atoms with Crippen LogP contribution in [0, 0.1) is 5.92 Å². The summed E-state index contributed by atoms with van der Waals surface area (Å²) >= 11 is 0. The lowest BCUT2D eigenvalue weighted by molar-refractivity contribution is -0.104. The number of allylic oxidation sites excluding steroid dienone is 15. The van der Waals surface area contributed by atoms with Crippen LogP contribution in [0.5, 0.6) is 0 Å². The first kappa shape index (κ1) is 20.5. The highest BCUT2D eigenvalue weighted by atomic mass is 16.1. The molecule has 1 heteroatoms. The van der Waals surface area contributed by atoms with Crippen LogP contribution >= 0.6 is 0 Å². The number of carbonyl (C=O) groups excluding carboxylic acids is 1. The van der Waals surface area contributed by atoms with Gasteiger partial charge in [0, 0.05) is 5.57 Å². The summed E-state index contributed by atoms with van der Waals surface area (Å²) in [5.41, 5.74) is 8.82. The highest BCUT2D eigenvalue weighted by Gasteiger charge is 2.20. The zero-order valence-corrected chi connectivity index (χ0v) is 17.6. The Kier molecular flexibility index (Phi) is 6.61. The molecule has 0 saturated carbocycles. The quantitative estimate of drug-likeness (QED) is 0.393. The van der Waals surface area contributed by atoms with Crippen molar-refractivity contribution in [3.05, 3.63) is 124 Å². The van der Waals surface area contributed by atoms with Crippen molar-refractivity contribution in [1.29, 1.82) is 0 Å². The second kappa shape index (κ2) is 9.34. The summed E-state index contributed by atoms with van der Waals surface area (Å²) in [7, 11) is 0. The molecular formula is C28H28O. The Hall–Kier alpha value is -3.19. The third-order valence-electron chi connectivity index (χ3n) is 5.33. The number of benzene rings is 1. The third-order valence-corrected chi connectivity index (χ3v) is 5.33. The van der Waals surface area contributed by atoms with Crippen LogP contribution in [0.25, 0.3) is 6.08 Å². The first-order chi connectivity index (χ1) is 14.0. The molecule has 0 aromatic heterocycles. The summed E-state index contributed by atoms with van der Waals surface area (Å²) in [4.78, 5) is 11.7. The number of hydrogen-bond acceptors (Lipinski definition) is 1. The average Bonchev–Trinajstić information content (AvgIpc) is 2.97. The maximum atomic E-state index is 11.7. The molecule has 0 unspecified atom stereocenters. The molecule has 0 bridgehead atoms. The zero-order valence-electron chi connectivity index (χ0n) is 17.6. The molecule has 0 amide bonds. The van der Waals surface area contributed by atoms with Gasteiger partial charge < -0.3 is 0 Å². The molecule has 3 rings (SSSR count). The van der Waals surface area contributed by atoms with E-state index in [1.165, 1.54) is 22.3 Å². The van der Waals surface area contributed by atoms with Crippen LogP contribution in [-0.2, 0) is 4.79 Å². The Labute approximate surface area is 174 Å². The van der Waals surface area contributed by atoms with Crippen molar-refractivity contribution in [2.75, 3.05) is 0 Å². The average molecular weight is 381 g/mol. The van der Waals surface area contributed by atoms with Crippen molar-refractivity contribution in [1.82, 2.24) is 0 Å². The van der Waals surface area contributed by atoms with Gasteiger partial charge in [-0.25, -0.2) is 0 Å². The molecule has 0 aliphatic heterocycles. The lowest BCUT2D eigenvalue weighted by Crippen LogP contribution is -2.00. The van der Waals surface area contributed by atoms with Gasteiger partial charge in [-0.2, -0.15) is 0 Å². The van der Waals surface area contributed by atoms with E-state index in [4.69, 9.17) is 0 Å². The second-order valence-electron chi connectivity index (χ2n) is 7.72. The van der Waals surface area contributed by atoms with Gasteiger partial charge in [-0.05, 0) is 58.8 Å². The van der Waals surface area contributed by atoms with E-state index >= 15 is 0 Å². The van der Waals surface area contributed by atoms with Crippen LogP contribution in [0.4, 0.5) is 0 Å². The van der Waals surface area contributed by atoms with Crippen LogP contribution < -0.4 is 0 Å². The van der Waals surface area contributed by atoms with Crippen LogP contribution in [0.15, 0.2) is 118 Å². The normalized spacial score (nSPS) is 17.3. The molecule has 0 N–H and O–H groups in total. The Bertz CT molecular complexity index is 1030. The van der Waals surface area contributed by atoms with Gasteiger partial charge >= 0.3 is 0 Å². The smallest absolute Gasteiger partial charge is 0.150 e. The predicted molar refractivity (Wildman–Crippen MR) is 124 cm³/mol. The van der Waals surface area contributed by atoms with Crippen molar-refractivity contribution in [2.45, 2.75) is 27.7 Å². The highest BCUT2D eigenvalue weighted by molar-refractivity contribution is 5.84.